The molecule has 2 rings (SSSR count). The second-order valence-corrected chi connectivity index (χ2v) is 4.12. The molecule has 1 aliphatic rings. The molecule has 0 saturated heterocycles. The molecule has 1 atom stereocenters. The van der Waals surface area contributed by atoms with Crippen molar-refractivity contribution in [3.05, 3.63) is 47.7 Å². The van der Waals surface area contributed by atoms with Crippen molar-refractivity contribution in [3.63, 3.8) is 0 Å². The average Bonchev–Trinajstić information content (AvgIpc) is 2.26. The van der Waals surface area contributed by atoms with Gasteiger partial charge in [-0.05, 0) is 18.9 Å². The van der Waals surface area contributed by atoms with Crippen molar-refractivity contribution < 1.29 is 0 Å². The number of hydrogen-bond donors (Lipinski definition) is 1. The molecule has 2 heteroatoms. The van der Waals surface area contributed by atoms with Crippen LogP contribution in [0.15, 0.2) is 42.1 Å². The van der Waals surface area contributed by atoms with Gasteiger partial charge in [0.15, 0.2) is 0 Å². The van der Waals surface area contributed by atoms with Gasteiger partial charge in [-0.15, -0.1) is 0 Å². The summed E-state index contributed by atoms with van der Waals surface area (Å²) in [6.45, 7) is 4.28. The summed E-state index contributed by atoms with van der Waals surface area (Å²) in [6, 6.07) is 10.9. The van der Waals surface area contributed by atoms with Gasteiger partial charge in [0.2, 0.25) is 0 Å². The summed E-state index contributed by atoms with van der Waals surface area (Å²) in [5.41, 5.74) is 8.31. The predicted molar refractivity (Wildman–Crippen MR) is 63.2 cm³/mol. The molecule has 0 spiro atoms. The first-order chi connectivity index (χ1) is 7.27. The van der Waals surface area contributed by atoms with E-state index in [-0.39, 0.29) is 0 Å². The van der Waals surface area contributed by atoms with Crippen LogP contribution in [0.4, 0.5) is 0 Å². The third kappa shape index (κ3) is 2.39. The molecule has 0 aromatic heterocycles. The van der Waals surface area contributed by atoms with E-state index in [1.807, 2.05) is 0 Å². The minimum atomic E-state index is 0.374. The Hall–Kier alpha value is -1.28. The van der Waals surface area contributed by atoms with Gasteiger partial charge < -0.3 is 5.73 Å². The fourth-order valence-electron chi connectivity index (χ4n) is 2.01. The Labute approximate surface area is 91.4 Å². The van der Waals surface area contributed by atoms with Crippen molar-refractivity contribution >= 4 is 0 Å². The van der Waals surface area contributed by atoms with Gasteiger partial charge >= 0.3 is 0 Å². The first-order valence-electron chi connectivity index (χ1n) is 5.51. The van der Waals surface area contributed by atoms with Crippen molar-refractivity contribution in [1.82, 2.24) is 4.90 Å². The van der Waals surface area contributed by atoms with Gasteiger partial charge in [0, 0.05) is 24.8 Å². The molecule has 0 amide bonds. The van der Waals surface area contributed by atoms with E-state index in [1.54, 1.807) is 0 Å². The van der Waals surface area contributed by atoms with Gasteiger partial charge in [-0.2, -0.15) is 0 Å². The van der Waals surface area contributed by atoms with Crippen LogP contribution in [0, 0.1) is 0 Å². The Bertz CT molecular complexity index is 343. The lowest BCUT2D eigenvalue weighted by molar-refractivity contribution is 0.215. The van der Waals surface area contributed by atoms with Crippen LogP contribution in [0.1, 0.15) is 18.9 Å². The van der Waals surface area contributed by atoms with Crippen molar-refractivity contribution in [2.24, 2.45) is 5.73 Å². The molecule has 1 aromatic carbocycles. The van der Waals surface area contributed by atoms with Gasteiger partial charge in [0.05, 0.1) is 0 Å². The summed E-state index contributed by atoms with van der Waals surface area (Å²) in [6.07, 6.45) is 3.22. The molecule has 80 valence electrons. The summed E-state index contributed by atoms with van der Waals surface area (Å²) in [4.78, 5) is 2.42. The molecule has 1 heterocycles. The highest BCUT2D eigenvalue weighted by molar-refractivity contribution is 5.16. The summed E-state index contributed by atoms with van der Waals surface area (Å²) >= 11 is 0. The van der Waals surface area contributed by atoms with E-state index in [0.29, 0.717) is 6.04 Å². The smallest absolute Gasteiger partial charge is 0.0465 e. The van der Waals surface area contributed by atoms with E-state index in [0.717, 1.165) is 25.2 Å². The molecule has 2 N–H and O–H groups in total. The topological polar surface area (TPSA) is 29.3 Å². The molecule has 2 nitrogen and oxygen atoms in total. The first-order valence-corrected chi connectivity index (χ1v) is 5.51. The highest BCUT2D eigenvalue weighted by Gasteiger charge is 2.18. The number of nitrogens with zero attached hydrogens (tertiary/aromatic N) is 1. The van der Waals surface area contributed by atoms with E-state index in [9.17, 15) is 0 Å². The summed E-state index contributed by atoms with van der Waals surface area (Å²) in [5, 5.41) is 0. The Balaban J connectivity index is 2.04. The quantitative estimate of drug-likeness (QED) is 0.796. The Morgan fingerprint density at radius 3 is 2.80 bits per heavy atom. The van der Waals surface area contributed by atoms with E-state index in [4.69, 9.17) is 5.73 Å². The lowest BCUT2D eigenvalue weighted by atomic mass is 10.1. The van der Waals surface area contributed by atoms with Crippen LogP contribution >= 0.6 is 0 Å². The normalized spacial score (nSPS) is 22.5. The number of rotatable bonds is 2. The molecule has 1 aromatic rings. The maximum absolute atomic E-state index is 5.94. The maximum Gasteiger partial charge on any atom is 0.0465 e. The molecule has 0 fully saturated rings. The summed E-state index contributed by atoms with van der Waals surface area (Å²) in [7, 11) is 0. The van der Waals surface area contributed by atoms with Crippen molar-refractivity contribution in [2.75, 3.05) is 6.54 Å². The lowest BCUT2D eigenvalue weighted by Crippen LogP contribution is -2.39. The summed E-state index contributed by atoms with van der Waals surface area (Å²) in [5.74, 6) is 0. The third-order valence-corrected chi connectivity index (χ3v) is 3.05. The molecule has 0 radical (unpaired) electrons. The molecule has 1 unspecified atom stereocenters. The number of benzene rings is 1. The summed E-state index contributed by atoms with van der Waals surface area (Å²) < 4.78 is 0. The van der Waals surface area contributed by atoms with Crippen LogP contribution in [0.3, 0.4) is 0 Å². The van der Waals surface area contributed by atoms with Crippen molar-refractivity contribution in [2.45, 2.75) is 25.9 Å². The van der Waals surface area contributed by atoms with Crippen LogP contribution in [-0.2, 0) is 6.54 Å². The monoisotopic (exact) mass is 202 g/mol. The Kier molecular flexibility index (Phi) is 3.07. The zero-order valence-corrected chi connectivity index (χ0v) is 9.19. The molecule has 1 aliphatic heterocycles. The minimum absolute atomic E-state index is 0.374. The molecular formula is C13H18N2. The van der Waals surface area contributed by atoms with Gasteiger partial charge in [-0.25, -0.2) is 0 Å². The zero-order chi connectivity index (χ0) is 10.7. The van der Waals surface area contributed by atoms with Crippen LogP contribution < -0.4 is 5.73 Å². The zero-order valence-electron chi connectivity index (χ0n) is 9.19. The van der Waals surface area contributed by atoms with E-state index >= 15 is 0 Å². The third-order valence-electron chi connectivity index (χ3n) is 3.05. The van der Waals surface area contributed by atoms with Gasteiger partial charge in [-0.3, -0.25) is 4.90 Å². The molecular weight excluding hydrogens is 184 g/mol. The number of nitrogens with two attached hydrogens (primary N) is 1. The molecule has 0 saturated carbocycles. The van der Waals surface area contributed by atoms with Gasteiger partial charge in [-0.1, -0.05) is 36.4 Å². The van der Waals surface area contributed by atoms with Crippen LogP contribution in [-0.4, -0.2) is 17.5 Å². The van der Waals surface area contributed by atoms with E-state index < -0.39 is 0 Å². The minimum Gasteiger partial charge on any atom is -0.401 e. The number of hydrogen-bond acceptors (Lipinski definition) is 2. The van der Waals surface area contributed by atoms with Crippen LogP contribution in [0.25, 0.3) is 0 Å². The fourth-order valence-corrected chi connectivity index (χ4v) is 2.01. The van der Waals surface area contributed by atoms with E-state index in [2.05, 4.69) is 48.2 Å². The second-order valence-electron chi connectivity index (χ2n) is 4.12. The van der Waals surface area contributed by atoms with Crippen molar-refractivity contribution in [3.8, 4) is 0 Å². The predicted octanol–water partition coefficient (Wildman–Crippen LogP) is 2.12. The molecule has 0 bridgehead atoms. The second kappa shape index (κ2) is 4.49. The van der Waals surface area contributed by atoms with E-state index in [1.165, 1.54) is 5.56 Å². The fraction of sp³-hybridized carbons (Fsp3) is 0.385. The first kappa shape index (κ1) is 10.2. The highest BCUT2D eigenvalue weighted by Crippen LogP contribution is 2.16. The Morgan fingerprint density at radius 1 is 1.33 bits per heavy atom. The Morgan fingerprint density at radius 2 is 2.07 bits per heavy atom. The van der Waals surface area contributed by atoms with Gasteiger partial charge in [0.25, 0.3) is 0 Å². The van der Waals surface area contributed by atoms with Gasteiger partial charge in [0.1, 0.15) is 0 Å². The SMILES string of the molecule is CC1C(N)=CCCN1Cc1ccccc1. The standard InChI is InChI=1S/C13H18N2/c1-11-13(14)8-5-9-15(11)10-12-6-3-2-4-7-12/h2-4,6-8,11H,5,9-10,14H2,1H3. The maximum atomic E-state index is 5.94. The van der Waals surface area contributed by atoms with Crippen LogP contribution in [0.2, 0.25) is 0 Å². The highest BCUT2D eigenvalue weighted by atomic mass is 15.2. The largest absolute Gasteiger partial charge is 0.401 e. The molecule has 0 aliphatic carbocycles. The van der Waals surface area contributed by atoms with Crippen LogP contribution in [0.5, 0.6) is 0 Å². The van der Waals surface area contributed by atoms with Crippen molar-refractivity contribution in [1.29, 1.82) is 0 Å². The lowest BCUT2D eigenvalue weighted by Gasteiger charge is -2.32. The average molecular weight is 202 g/mol. The molecule has 15 heavy (non-hydrogen) atoms.